The molecule has 1 aliphatic rings. The average Bonchev–Trinajstić information content (AvgIpc) is 2.81. The summed E-state index contributed by atoms with van der Waals surface area (Å²) in [5, 5.41) is 6.92. The maximum Gasteiger partial charge on any atom is 0.403 e. The number of piperidine rings is 1. The van der Waals surface area contributed by atoms with Gasteiger partial charge in [-0.2, -0.15) is 18.3 Å². The summed E-state index contributed by atoms with van der Waals surface area (Å²) in [6, 6.07) is -1.77. The zero-order chi connectivity index (χ0) is 14.9. The highest BCUT2D eigenvalue weighted by Crippen LogP contribution is 2.37. The fourth-order valence-corrected chi connectivity index (χ4v) is 2.67. The van der Waals surface area contributed by atoms with Crippen molar-refractivity contribution in [3.63, 3.8) is 0 Å². The third-order valence-electron chi connectivity index (χ3n) is 3.62. The van der Waals surface area contributed by atoms with Crippen LogP contribution in [0, 0.1) is 0 Å². The zero-order valence-electron chi connectivity index (χ0n) is 11.9. The number of nitrogens with one attached hydrogen (secondary N) is 1. The topological polar surface area (TPSA) is 39.1 Å². The first-order valence-corrected chi connectivity index (χ1v) is 6.78. The van der Waals surface area contributed by atoms with E-state index in [0.717, 1.165) is 0 Å². The zero-order valence-corrected chi connectivity index (χ0v) is 11.9. The summed E-state index contributed by atoms with van der Waals surface area (Å²) < 4.78 is 45.6. The predicted octanol–water partition coefficient (Wildman–Crippen LogP) is 3.22. The van der Waals surface area contributed by atoms with Gasteiger partial charge < -0.3 is 4.74 Å². The maximum absolute atomic E-state index is 12.9. The van der Waals surface area contributed by atoms with Gasteiger partial charge in [0.2, 0.25) is 0 Å². The van der Waals surface area contributed by atoms with Gasteiger partial charge in [-0.15, -0.1) is 0 Å². The smallest absolute Gasteiger partial charge is 0.403 e. The number of rotatable bonds is 3. The van der Waals surface area contributed by atoms with Crippen molar-refractivity contribution >= 4 is 0 Å². The van der Waals surface area contributed by atoms with Gasteiger partial charge in [-0.3, -0.25) is 10.00 Å². The molecule has 0 aromatic carbocycles. The summed E-state index contributed by atoms with van der Waals surface area (Å²) >= 11 is 0. The van der Waals surface area contributed by atoms with Crippen LogP contribution in [0.25, 0.3) is 0 Å². The number of nitrogens with zero attached hydrogens (tertiary/aromatic N) is 2. The molecule has 0 radical (unpaired) electrons. The minimum atomic E-state index is -4.21. The van der Waals surface area contributed by atoms with E-state index < -0.39 is 12.2 Å². The molecule has 4 nitrogen and oxygen atoms in total. The first-order valence-electron chi connectivity index (χ1n) is 6.78. The van der Waals surface area contributed by atoms with E-state index in [1.165, 1.54) is 7.11 Å². The SMILES string of the molecule is COc1cnn(C(C)C)c1C1CCCC(C(F)(F)F)N1. The van der Waals surface area contributed by atoms with E-state index in [4.69, 9.17) is 4.74 Å². The Kier molecular flexibility index (Phi) is 4.27. The van der Waals surface area contributed by atoms with E-state index in [-0.39, 0.29) is 18.5 Å². The van der Waals surface area contributed by atoms with Crippen LogP contribution in [0.15, 0.2) is 6.20 Å². The second-order valence-electron chi connectivity index (χ2n) is 5.38. The van der Waals surface area contributed by atoms with Crippen molar-refractivity contribution in [2.24, 2.45) is 0 Å². The molecular formula is C13H20F3N3O. The Morgan fingerprint density at radius 3 is 2.65 bits per heavy atom. The summed E-state index contributed by atoms with van der Waals surface area (Å²) in [5.41, 5.74) is 0.705. The lowest BCUT2D eigenvalue weighted by atomic mass is 9.95. The van der Waals surface area contributed by atoms with Gasteiger partial charge in [0.05, 0.1) is 25.0 Å². The van der Waals surface area contributed by atoms with Crippen LogP contribution < -0.4 is 10.1 Å². The van der Waals surface area contributed by atoms with Crippen molar-refractivity contribution in [1.82, 2.24) is 15.1 Å². The molecule has 2 rings (SSSR count). The summed E-state index contributed by atoms with van der Waals surface area (Å²) in [6.45, 7) is 3.89. The number of hydrogen-bond donors (Lipinski definition) is 1. The minimum Gasteiger partial charge on any atom is -0.493 e. The van der Waals surface area contributed by atoms with E-state index in [1.54, 1.807) is 10.9 Å². The Morgan fingerprint density at radius 2 is 2.10 bits per heavy atom. The average molecular weight is 291 g/mol. The Hall–Kier alpha value is -1.24. The van der Waals surface area contributed by atoms with Crippen LogP contribution in [-0.2, 0) is 0 Å². The number of aromatic nitrogens is 2. The first-order chi connectivity index (χ1) is 9.34. The summed E-state index contributed by atoms with van der Waals surface area (Å²) in [4.78, 5) is 0. The van der Waals surface area contributed by atoms with Crippen molar-refractivity contribution in [3.8, 4) is 5.75 Å². The second kappa shape index (κ2) is 5.63. The molecule has 0 amide bonds. The fraction of sp³-hybridized carbons (Fsp3) is 0.769. The summed E-state index contributed by atoms with van der Waals surface area (Å²) in [6.07, 6.45) is -1.34. The number of ether oxygens (including phenoxy) is 1. The highest BCUT2D eigenvalue weighted by molar-refractivity contribution is 5.29. The number of alkyl halides is 3. The van der Waals surface area contributed by atoms with Crippen molar-refractivity contribution in [2.75, 3.05) is 7.11 Å². The quantitative estimate of drug-likeness (QED) is 0.929. The van der Waals surface area contributed by atoms with Crippen LogP contribution in [0.4, 0.5) is 13.2 Å². The van der Waals surface area contributed by atoms with Crippen molar-refractivity contribution in [2.45, 2.75) is 57.4 Å². The fourth-order valence-electron chi connectivity index (χ4n) is 2.67. The molecule has 1 saturated heterocycles. The monoisotopic (exact) mass is 291 g/mol. The van der Waals surface area contributed by atoms with E-state index >= 15 is 0 Å². The molecule has 1 aromatic heterocycles. The molecule has 0 spiro atoms. The Balaban J connectivity index is 2.28. The van der Waals surface area contributed by atoms with E-state index in [9.17, 15) is 13.2 Å². The molecule has 20 heavy (non-hydrogen) atoms. The van der Waals surface area contributed by atoms with Gasteiger partial charge in [-0.1, -0.05) is 0 Å². The van der Waals surface area contributed by atoms with Gasteiger partial charge in [0.15, 0.2) is 5.75 Å². The number of halogens is 3. The molecule has 2 atom stereocenters. The van der Waals surface area contributed by atoms with Crippen LogP contribution in [0.5, 0.6) is 5.75 Å². The molecule has 1 N–H and O–H groups in total. The van der Waals surface area contributed by atoms with Crippen LogP contribution in [-0.4, -0.2) is 29.1 Å². The van der Waals surface area contributed by atoms with Crippen molar-refractivity contribution in [1.29, 1.82) is 0 Å². The third-order valence-corrected chi connectivity index (χ3v) is 3.62. The lowest BCUT2D eigenvalue weighted by Crippen LogP contribution is -2.47. The van der Waals surface area contributed by atoms with E-state index in [1.807, 2.05) is 13.8 Å². The van der Waals surface area contributed by atoms with Gasteiger partial charge in [-0.05, 0) is 33.1 Å². The second-order valence-corrected chi connectivity index (χ2v) is 5.38. The molecule has 1 aliphatic heterocycles. The van der Waals surface area contributed by atoms with E-state index in [0.29, 0.717) is 24.3 Å². The molecule has 2 unspecified atom stereocenters. The third kappa shape index (κ3) is 2.92. The maximum atomic E-state index is 12.9. The molecule has 114 valence electrons. The number of hydrogen-bond acceptors (Lipinski definition) is 3. The molecule has 2 heterocycles. The summed E-state index contributed by atoms with van der Waals surface area (Å²) in [7, 11) is 1.51. The minimum absolute atomic E-state index is 0.0713. The largest absolute Gasteiger partial charge is 0.493 e. The van der Waals surface area contributed by atoms with Crippen LogP contribution >= 0.6 is 0 Å². The molecule has 0 bridgehead atoms. The molecule has 0 saturated carbocycles. The Morgan fingerprint density at radius 1 is 1.40 bits per heavy atom. The van der Waals surface area contributed by atoms with Crippen LogP contribution in [0.2, 0.25) is 0 Å². The number of methoxy groups -OCH3 is 1. The molecular weight excluding hydrogens is 271 g/mol. The van der Waals surface area contributed by atoms with Gasteiger partial charge in [0, 0.05) is 6.04 Å². The molecule has 0 aliphatic carbocycles. The predicted molar refractivity (Wildman–Crippen MR) is 68.7 cm³/mol. The lowest BCUT2D eigenvalue weighted by Gasteiger charge is -2.33. The first kappa shape index (κ1) is 15.2. The van der Waals surface area contributed by atoms with Crippen molar-refractivity contribution < 1.29 is 17.9 Å². The van der Waals surface area contributed by atoms with Crippen molar-refractivity contribution in [3.05, 3.63) is 11.9 Å². The van der Waals surface area contributed by atoms with Crippen LogP contribution in [0.1, 0.15) is 50.9 Å². The van der Waals surface area contributed by atoms with Gasteiger partial charge in [-0.25, -0.2) is 0 Å². The Bertz CT molecular complexity index is 456. The van der Waals surface area contributed by atoms with Crippen LogP contribution in [0.3, 0.4) is 0 Å². The standard InChI is InChI=1S/C13H20F3N3O/c1-8(2)19-12(10(20-3)7-17-19)9-5-4-6-11(18-9)13(14,15)16/h7-9,11,18H,4-6H2,1-3H3. The summed E-state index contributed by atoms with van der Waals surface area (Å²) in [5.74, 6) is 0.541. The normalized spacial score (nSPS) is 24.1. The molecule has 7 heteroatoms. The highest BCUT2D eigenvalue weighted by Gasteiger charge is 2.43. The lowest BCUT2D eigenvalue weighted by molar-refractivity contribution is -0.163. The highest BCUT2D eigenvalue weighted by atomic mass is 19.4. The van der Waals surface area contributed by atoms with E-state index in [2.05, 4.69) is 10.4 Å². The molecule has 1 fully saturated rings. The van der Waals surface area contributed by atoms with Gasteiger partial charge >= 0.3 is 6.18 Å². The van der Waals surface area contributed by atoms with Gasteiger partial charge in [0.1, 0.15) is 6.04 Å². The Labute approximate surface area is 116 Å². The van der Waals surface area contributed by atoms with Gasteiger partial charge in [0.25, 0.3) is 0 Å². The molecule has 1 aromatic rings.